The van der Waals surface area contributed by atoms with E-state index < -0.39 is 0 Å². The van der Waals surface area contributed by atoms with Crippen molar-refractivity contribution in [1.82, 2.24) is 14.8 Å². The number of rotatable bonds is 1. The van der Waals surface area contributed by atoms with E-state index in [9.17, 15) is 4.79 Å². The zero-order chi connectivity index (χ0) is 16.2. The van der Waals surface area contributed by atoms with Gasteiger partial charge >= 0.3 is 0 Å². The second kappa shape index (κ2) is 4.85. The smallest absolute Gasteiger partial charge is 0.248 e. The number of carbonyl (C=O) groups excluding carboxylic acids is 1. The van der Waals surface area contributed by atoms with Crippen LogP contribution in [0, 0.1) is 18.3 Å². The number of benzene rings is 1. The normalized spacial score (nSPS) is 25.5. The maximum absolute atomic E-state index is 12.9. The van der Waals surface area contributed by atoms with Crippen molar-refractivity contribution in [2.24, 2.45) is 16.3 Å². The zero-order valence-electron chi connectivity index (χ0n) is 13.7. The second-order valence-corrected chi connectivity index (χ2v) is 7.43. The summed E-state index contributed by atoms with van der Waals surface area (Å²) in [5, 5.41) is 4.35. The fourth-order valence-corrected chi connectivity index (χ4v) is 3.78. The van der Waals surface area contributed by atoms with E-state index in [4.69, 9.17) is 0 Å². The topological polar surface area (TPSA) is 60.1 Å². The predicted octanol–water partition coefficient (Wildman–Crippen LogP) is 3.27. The number of nitrogens with zero attached hydrogens (tertiary/aromatic N) is 4. The molecule has 0 radical (unpaired) electrons. The third-order valence-electron chi connectivity index (χ3n) is 4.81. The Morgan fingerprint density at radius 2 is 1.91 bits per heavy atom. The third-order valence-corrected chi connectivity index (χ3v) is 4.81. The van der Waals surface area contributed by atoms with Gasteiger partial charge in [-0.15, -0.1) is 0 Å². The number of carbonyl (C=O) groups is 1. The maximum atomic E-state index is 12.9. The van der Waals surface area contributed by atoms with Gasteiger partial charge in [0, 0.05) is 12.1 Å². The van der Waals surface area contributed by atoms with Crippen LogP contribution in [0.5, 0.6) is 0 Å². The van der Waals surface area contributed by atoms with Crippen LogP contribution in [0.2, 0.25) is 0 Å². The number of fused-ring (bicyclic) bond motifs is 2. The van der Waals surface area contributed by atoms with E-state index in [1.54, 1.807) is 4.68 Å². The Bertz CT molecular complexity index is 801. The van der Waals surface area contributed by atoms with Crippen LogP contribution in [-0.4, -0.2) is 26.3 Å². The molecular formula is C18H20N4O. The number of hydrogen-bond donors (Lipinski definition) is 0. The summed E-state index contributed by atoms with van der Waals surface area (Å²) in [4.78, 5) is 21.8. The maximum Gasteiger partial charge on any atom is 0.248 e. The highest BCUT2D eigenvalue weighted by atomic mass is 16.1. The molecule has 2 atom stereocenters. The van der Waals surface area contributed by atoms with Crippen molar-refractivity contribution in [3.63, 3.8) is 0 Å². The Hall–Kier alpha value is -2.30. The largest absolute Gasteiger partial charge is 0.299 e. The highest BCUT2D eigenvalue weighted by Crippen LogP contribution is 2.44. The molecule has 118 valence electrons. The van der Waals surface area contributed by atoms with E-state index in [1.165, 1.54) is 11.9 Å². The molecule has 1 aliphatic heterocycles. The van der Waals surface area contributed by atoms with E-state index in [2.05, 4.69) is 60.1 Å². The third kappa shape index (κ3) is 2.31. The van der Waals surface area contributed by atoms with Crippen molar-refractivity contribution in [1.29, 1.82) is 0 Å². The van der Waals surface area contributed by atoms with Crippen LogP contribution in [0.4, 0.5) is 5.95 Å². The molecule has 0 N–H and O–H groups in total. The van der Waals surface area contributed by atoms with Gasteiger partial charge in [-0.05, 0) is 24.3 Å². The number of aromatic nitrogens is 3. The Labute approximate surface area is 135 Å². The fraction of sp³-hybridized carbons (Fsp3) is 0.444. The monoisotopic (exact) mass is 308 g/mol. The lowest BCUT2D eigenvalue weighted by molar-refractivity contribution is -0.124. The van der Waals surface area contributed by atoms with Crippen LogP contribution in [0.1, 0.15) is 43.9 Å². The lowest BCUT2D eigenvalue weighted by Gasteiger charge is -2.40. The van der Waals surface area contributed by atoms with Crippen LogP contribution < -0.4 is 0 Å². The molecule has 0 saturated heterocycles. The van der Waals surface area contributed by atoms with Gasteiger partial charge in [0.1, 0.15) is 12.1 Å². The molecule has 1 saturated carbocycles. The number of aliphatic imine (C=N–C) groups is 1. The van der Waals surface area contributed by atoms with Gasteiger partial charge in [-0.25, -0.2) is 9.67 Å². The molecule has 0 amide bonds. The Balaban J connectivity index is 1.87. The highest BCUT2D eigenvalue weighted by Gasteiger charge is 2.46. The molecule has 2 heterocycles. The molecule has 2 unspecified atom stereocenters. The highest BCUT2D eigenvalue weighted by molar-refractivity contribution is 6.09. The first kappa shape index (κ1) is 14.3. The molecule has 2 aromatic rings. The van der Waals surface area contributed by atoms with Gasteiger partial charge in [0.2, 0.25) is 5.95 Å². The molecule has 1 aromatic heterocycles. The Kier molecular flexibility index (Phi) is 3.01. The van der Waals surface area contributed by atoms with Crippen LogP contribution in [0.25, 0.3) is 0 Å². The Morgan fingerprint density at radius 1 is 1.17 bits per heavy atom. The quantitative estimate of drug-likeness (QED) is 0.812. The van der Waals surface area contributed by atoms with E-state index in [-0.39, 0.29) is 23.2 Å². The van der Waals surface area contributed by atoms with Gasteiger partial charge in [0.15, 0.2) is 0 Å². The zero-order valence-corrected chi connectivity index (χ0v) is 13.7. The Morgan fingerprint density at radius 3 is 2.65 bits per heavy atom. The molecule has 23 heavy (non-hydrogen) atoms. The lowest BCUT2D eigenvalue weighted by Crippen LogP contribution is -2.44. The van der Waals surface area contributed by atoms with Gasteiger partial charge in [0.25, 0.3) is 0 Å². The van der Waals surface area contributed by atoms with Crippen molar-refractivity contribution < 1.29 is 4.79 Å². The molecule has 4 rings (SSSR count). The number of aryl methyl sites for hydroxylation is 1. The van der Waals surface area contributed by atoms with Crippen LogP contribution in [0.15, 0.2) is 35.6 Å². The first-order chi connectivity index (χ1) is 10.9. The predicted molar refractivity (Wildman–Crippen MR) is 87.9 cm³/mol. The van der Waals surface area contributed by atoms with Crippen LogP contribution >= 0.6 is 0 Å². The summed E-state index contributed by atoms with van der Waals surface area (Å²) < 4.78 is 1.80. The first-order valence-electron chi connectivity index (χ1n) is 8.01. The van der Waals surface area contributed by atoms with Gasteiger partial charge in [-0.1, -0.05) is 43.7 Å². The van der Waals surface area contributed by atoms with Crippen molar-refractivity contribution in [2.45, 2.75) is 39.7 Å². The summed E-state index contributed by atoms with van der Waals surface area (Å²) >= 11 is 0. The molecule has 5 nitrogen and oxygen atoms in total. The summed E-state index contributed by atoms with van der Waals surface area (Å²) in [6, 6.07) is 8.19. The average molecular weight is 308 g/mol. The van der Waals surface area contributed by atoms with E-state index in [1.807, 2.05) is 0 Å². The van der Waals surface area contributed by atoms with Crippen molar-refractivity contribution >= 4 is 17.4 Å². The fourth-order valence-electron chi connectivity index (χ4n) is 3.78. The van der Waals surface area contributed by atoms with E-state index in [0.29, 0.717) is 12.4 Å². The van der Waals surface area contributed by atoms with E-state index in [0.717, 1.165) is 17.7 Å². The summed E-state index contributed by atoms with van der Waals surface area (Å²) in [7, 11) is 0. The molecular weight excluding hydrogens is 288 g/mol. The summed E-state index contributed by atoms with van der Waals surface area (Å²) in [6.45, 7) is 6.32. The molecule has 5 heteroatoms. The SMILES string of the molecule is Cc1ccc(C2C3C(=O)CC(C)(C)CC3=Nc3ncnn32)cc1. The minimum atomic E-state index is -0.222. The van der Waals surface area contributed by atoms with Crippen LogP contribution in [0.3, 0.4) is 0 Å². The number of Topliss-reactive ketones (excluding diaryl/α,β-unsaturated/α-hetero) is 1. The summed E-state index contributed by atoms with van der Waals surface area (Å²) in [6.07, 6.45) is 2.94. The summed E-state index contributed by atoms with van der Waals surface area (Å²) in [5.41, 5.74) is 3.21. The van der Waals surface area contributed by atoms with Crippen LogP contribution in [-0.2, 0) is 4.79 Å². The molecule has 0 spiro atoms. The standard InChI is InChI=1S/C18H20N4O/c1-11-4-6-12(7-5-11)16-15-13(8-18(2,3)9-14(15)23)21-17-19-10-20-22(16)17/h4-7,10,15-16H,8-9H2,1-3H3. The van der Waals surface area contributed by atoms with Crippen molar-refractivity contribution in [3.8, 4) is 0 Å². The molecule has 1 aromatic carbocycles. The molecule has 0 bridgehead atoms. The molecule has 1 fully saturated rings. The minimum Gasteiger partial charge on any atom is -0.299 e. The molecule has 2 aliphatic rings. The summed E-state index contributed by atoms with van der Waals surface area (Å²) in [5.74, 6) is 0.638. The number of hydrogen-bond acceptors (Lipinski definition) is 4. The van der Waals surface area contributed by atoms with Gasteiger partial charge in [-0.3, -0.25) is 4.79 Å². The number of ketones is 1. The molecule has 1 aliphatic carbocycles. The van der Waals surface area contributed by atoms with Crippen molar-refractivity contribution in [3.05, 3.63) is 41.7 Å². The van der Waals surface area contributed by atoms with Gasteiger partial charge in [-0.2, -0.15) is 10.1 Å². The second-order valence-electron chi connectivity index (χ2n) is 7.43. The van der Waals surface area contributed by atoms with Gasteiger partial charge < -0.3 is 0 Å². The van der Waals surface area contributed by atoms with E-state index >= 15 is 0 Å². The average Bonchev–Trinajstić information content (AvgIpc) is 2.92. The first-order valence-corrected chi connectivity index (χ1v) is 8.01. The lowest BCUT2D eigenvalue weighted by atomic mass is 9.67. The van der Waals surface area contributed by atoms with Crippen molar-refractivity contribution in [2.75, 3.05) is 0 Å². The minimum absolute atomic E-state index is 0.0353. The van der Waals surface area contributed by atoms with Gasteiger partial charge in [0.05, 0.1) is 12.0 Å².